The molecule has 0 bridgehead atoms. The predicted molar refractivity (Wildman–Crippen MR) is 168 cm³/mol. The van der Waals surface area contributed by atoms with Gasteiger partial charge in [0, 0.05) is 12.8 Å². The van der Waals surface area contributed by atoms with Gasteiger partial charge in [0.15, 0.2) is 6.23 Å². The summed E-state index contributed by atoms with van der Waals surface area (Å²) in [5.74, 6) is -0.836. The summed E-state index contributed by atoms with van der Waals surface area (Å²) in [6, 6.07) is 0. The highest BCUT2D eigenvalue weighted by molar-refractivity contribution is 6.08. The third-order valence-corrected chi connectivity index (χ3v) is 8.19. The summed E-state index contributed by atoms with van der Waals surface area (Å²) >= 11 is 0. The molecular formula is C32H53N5O7. The molecule has 1 amide bonds. The van der Waals surface area contributed by atoms with Crippen molar-refractivity contribution in [2.75, 3.05) is 25.6 Å². The van der Waals surface area contributed by atoms with Crippen LogP contribution in [0.2, 0.25) is 0 Å². The Bertz CT molecular complexity index is 1170. The Morgan fingerprint density at radius 1 is 0.909 bits per heavy atom. The van der Waals surface area contributed by atoms with Gasteiger partial charge in [-0.25, -0.2) is 9.97 Å². The average Bonchev–Trinajstić information content (AvgIpc) is 3.50. The maximum atomic E-state index is 12.2. The molecule has 0 saturated carbocycles. The molecule has 44 heavy (non-hydrogen) atoms. The van der Waals surface area contributed by atoms with Crippen molar-refractivity contribution in [1.82, 2.24) is 14.5 Å². The number of anilines is 1. The fourth-order valence-electron chi connectivity index (χ4n) is 5.67. The van der Waals surface area contributed by atoms with Crippen molar-refractivity contribution in [3.05, 3.63) is 17.6 Å². The number of aliphatic hydroxyl groups excluding tert-OH is 2. The lowest BCUT2D eigenvalue weighted by Crippen LogP contribution is -2.34. The lowest BCUT2D eigenvalue weighted by molar-refractivity contribution is -0.151. The Morgan fingerprint density at radius 2 is 1.50 bits per heavy atom. The summed E-state index contributed by atoms with van der Waals surface area (Å²) in [5, 5.41) is 21.5. The third kappa shape index (κ3) is 10.7. The molecule has 12 heteroatoms. The molecule has 248 valence electrons. The zero-order chi connectivity index (χ0) is 31.9. The number of nitrogen functional groups attached to an aromatic ring is 1. The van der Waals surface area contributed by atoms with Crippen molar-refractivity contribution >= 4 is 28.7 Å². The minimum Gasteiger partial charge on any atom is -0.463 e. The number of primary amides is 1. The van der Waals surface area contributed by atoms with Crippen molar-refractivity contribution in [3.63, 3.8) is 0 Å². The van der Waals surface area contributed by atoms with Gasteiger partial charge in [-0.3, -0.25) is 9.59 Å². The van der Waals surface area contributed by atoms with E-state index >= 15 is 0 Å². The first-order chi connectivity index (χ1) is 21.2. The largest absolute Gasteiger partial charge is 0.463 e. The Balaban J connectivity index is 1.27. The van der Waals surface area contributed by atoms with Crippen LogP contribution in [0.4, 0.5) is 5.82 Å². The van der Waals surface area contributed by atoms with Crippen molar-refractivity contribution in [1.29, 1.82) is 0 Å². The second kappa shape index (κ2) is 18.9. The number of nitrogens with zero attached hydrogens (tertiary/aromatic N) is 3. The normalized spacial score (nSPS) is 20.0. The van der Waals surface area contributed by atoms with E-state index < -0.39 is 36.4 Å². The van der Waals surface area contributed by atoms with Crippen LogP contribution in [0.25, 0.3) is 11.0 Å². The molecule has 0 spiro atoms. The number of ether oxygens (including phenoxy) is 3. The maximum Gasteiger partial charge on any atom is 0.308 e. The number of hydrogen-bond donors (Lipinski definition) is 4. The monoisotopic (exact) mass is 619 g/mol. The van der Waals surface area contributed by atoms with E-state index in [1.807, 2.05) is 0 Å². The summed E-state index contributed by atoms with van der Waals surface area (Å²) < 4.78 is 18.1. The number of nitrogens with two attached hydrogens (primary N) is 2. The van der Waals surface area contributed by atoms with Crippen LogP contribution in [0.1, 0.15) is 126 Å². The number of hydrogen-bond acceptors (Lipinski definition) is 10. The van der Waals surface area contributed by atoms with E-state index in [1.165, 1.54) is 87.8 Å². The van der Waals surface area contributed by atoms with Gasteiger partial charge in [-0.1, -0.05) is 90.4 Å². The van der Waals surface area contributed by atoms with E-state index in [-0.39, 0.29) is 42.0 Å². The zero-order valence-electron chi connectivity index (χ0n) is 26.5. The number of aromatic nitrogens is 3. The molecule has 3 rings (SSSR count). The number of fused-ring (bicyclic) bond motifs is 1. The molecule has 1 aliphatic rings. The molecule has 1 saturated heterocycles. The highest BCUT2D eigenvalue weighted by Crippen LogP contribution is 2.35. The molecule has 12 nitrogen and oxygen atoms in total. The van der Waals surface area contributed by atoms with Gasteiger partial charge in [0.1, 0.15) is 42.2 Å². The molecule has 0 unspecified atom stereocenters. The van der Waals surface area contributed by atoms with E-state index in [2.05, 4.69) is 16.9 Å². The van der Waals surface area contributed by atoms with Crippen LogP contribution in [0.3, 0.4) is 0 Å². The van der Waals surface area contributed by atoms with Gasteiger partial charge in [0.2, 0.25) is 0 Å². The summed E-state index contributed by atoms with van der Waals surface area (Å²) in [7, 11) is 0. The SMILES string of the molecule is CCCCCCCCCCCCCCCCOCCC(=O)OC[C@H]1O[C@@H](n2cc(C(N)=O)c3c(N)nc(C)nc32)[C@H](O)[C@@H]1O. The van der Waals surface area contributed by atoms with Crippen molar-refractivity contribution in [3.8, 4) is 0 Å². The highest BCUT2D eigenvalue weighted by Gasteiger charge is 2.45. The van der Waals surface area contributed by atoms with Crippen LogP contribution in [0.5, 0.6) is 0 Å². The van der Waals surface area contributed by atoms with Crippen LogP contribution in [-0.2, 0) is 19.0 Å². The molecule has 1 fully saturated rings. The van der Waals surface area contributed by atoms with Gasteiger partial charge >= 0.3 is 5.97 Å². The van der Waals surface area contributed by atoms with Crippen molar-refractivity contribution < 1.29 is 34.0 Å². The second-order valence-corrected chi connectivity index (χ2v) is 11.9. The van der Waals surface area contributed by atoms with E-state index in [0.717, 1.165) is 12.8 Å². The van der Waals surface area contributed by atoms with E-state index in [9.17, 15) is 19.8 Å². The minimum absolute atomic E-state index is 0.0603. The molecular weight excluding hydrogens is 566 g/mol. The molecule has 4 atom stereocenters. The van der Waals surface area contributed by atoms with E-state index in [4.69, 9.17) is 25.7 Å². The number of rotatable bonds is 22. The fraction of sp³-hybridized carbons (Fsp3) is 0.750. The number of carbonyl (C=O) groups excluding carboxylic acids is 2. The fourth-order valence-corrected chi connectivity index (χ4v) is 5.67. The smallest absolute Gasteiger partial charge is 0.308 e. The van der Waals surface area contributed by atoms with Gasteiger partial charge in [-0.15, -0.1) is 0 Å². The van der Waals surface area contributed by atoms with Gasteiger partial charge < -0.3 is 40.5 Å². The Morgan fingerprint density at radius 3 is 2.09 bits per heavy atom. The summed E-state index contributed by atoms with van der Waals surface area (Å²) in [6.07, 6.45) is 14.8. The first kappa shape index (κ1) is 35.7. The summed E-state index contributed by atoms with van der Waals surface area (Å²) in [5.41, 5.74) is 11.8. The van der Waals surface area contributed by atoms with E-state index in [1.54, 1.807) is 6.92 Å². The van der Waals surface area contributed by atoms with Gasteiger partial charge in [0.25, 0.3) is 5.91 Å². The molecule has 0 aliphatic carbocycles. The molecule has 2 aromatic rings. The Kier molecular flexibility index (Phi) is 15.3. The Labute approximate surface area is 260 Å². The van der Waals surface area contributed by atoms with Crippen LogP contribution in [0.15, 0.2) is 6.20 Å². The number of aliphatic hydroxyl groups is 2. The lowest BCUT2D eigenvalue weighted by Gasteiger charge is -2.17. The average molecular weight is 620 g/mol. The van der Waals surface area contributed by atoms with Gasteiger partial charge in [-0.2, -0.15) is 0 Å². The van der Waals surface area contributed by atoms with Crippen LogP contribution < -0.4 is 11.5 Å². The molecule has 0 aromatic carbocycles. The lowest BCUT2D eigenvalue weighted by atomic mass is 10.0. The highest BCUT2D eigenvalue weighted by atomic mass is 16.6. The van der Waals surface area contributed by atoms with Crippen LogP contribution in [0, 0.1) is 6.92 Å². The first-order valence-electron chi connectivity index (χ1n) is 16.4. The van der Waals surface area contributed by atoms with Crippen LogP contribution >= 0.6 is 0 Å². The Hall–Kier alpha value is -2.80. The molecule has 0 radical (unpaired) electrons. The van der Waals surface area contributed by atoms with Gasteiger partial charge in [0.05, 0.1) is 24.0 Å². The zero-order valence-corrected chi connectivity index (χ0v) is 26.5. The minimum atomic E-state index is -1.39. The second-order valence-electron chi connectivity index (χ2n) is 11.9. The number of aryl methyl sites for hydroxylation is 1. The summed E-state index contributed by atoms with van der Waals surface area (Å²) in [6.45, 7) is 4.48. The maximum absolute atomic E-state index is 12.2. The number of esters is 1. The van der Waals surface area contributed by atoms with Crippen molar-refractivity contribution in [2.45, 2.75) is 135 Å². The van der Waals surface area contributed by atoms with Crippen molar-refractivity contribution in [2.24, 2.45) is 5.73 Å². The number of unbranched alkanes of at least 4 members (excludes halogenated alkanes) is 13. The number of carbonyl (C=O) groups is 2. The predicted octanol–water partition coefficient (Wildman–Crippen LogP) is 4.47. The first-order valence-corrected chi connectivity index (χ1v) is 16.4. The van der Waals surface area contributed by atoms with Gasteiger partial charge in [-0.05, 0) is 13.3 Å². The summed E-state index contributed by atoms with van der Waals surface area (Å²) in [4.78, 5) is 32.7. The van der Waals surface area contributed by atoms with E-state index in [0.29, 0.717) is 12.4 Å². The quantitative estimate of drug-likeness (QED) is 0.108. The topological polar surface area (TPSA) is 185 Å². The third-order valence-electron chi connectivity index (χ3n) is 8.19. The molecule has 6 N–H and O–H groups in total. The molecule has 2 aromatic heterocycles. The molecule has 3 heterocycles. The van der Waals surface area contributed by atoms with Crippen LogP contribution in [-0.4, -0.2) is 74.8 Å². The number of amides is 1. The standard InChI is InChI=1S/C32H53N5O7/c1-3-4-5-6-7-8-9-10-11-12-13-14-15-16-18-42-19-17-25(38)43-21-24-27(39)28(40)32(44-24)37-20-23(30(34)41)26-29(33)35-22(2)36-31(26)37/h20,24,27-28,32,39-40H,3-19,21H2,1-2H3,(H2,34,41)(H2,33,35,36)/t24-,27-,28-,32-/m1/s1. The molecule has 1 aliphatic heterocycles.